The van der Waals surface area contributed by atoms with Gasteiger partial charge in [0.05, 0.1) is 5.56 Å². The number of carbonyl (C=O) groups excluding carboxylic acids is 6. The summed E-state index contributed by atoms with van der Waals surface area (Å²) >= 11 is 0. The van der Waals surface area contributed by atoms with E-state index in [2.05, 4.69) is 21.3 Å². The number of carbonyl (C=O) groups is 7. The van der Waals surface area contributed by atoms with Crippen molar-refractivity contribution >= 4 is 41.2 Å². The molecule has 12 aliphatic rings. The molecule has 0 saturated heterocycles. The van der Waals surface area contributed by atoms with Gasteiger partial charge in [0.1, 0.15) is 5.78 Å². The van der Waals surface area contributed by atoms with Gasteiger partial charge in [0, 0.05) is 80.5 Å². The number of amides is 4. The predicted octanol–water partition coefficient (Wildman–Crippen LogP) is 16.9. The van der Waals surface area contributed by atoms with E-state index in [4.69, 9.17) is 38.3 Å². The lowest BCUT2D eigenvalue weighted by atomic mass is 9.36. The van der Waals surface area contributed by atoms with E-state index in [-0.39, 0.29) is 159 Å². The zero-order chi connectivity index (χ0) is 101. The first kappa shape index (κ1) is 107. The van der Waals surface area contributed by atoms with Crippen LogP contribution in [-0.2, 0) is 33.6 Å². The molecule has 0 heterocycles. The molecule has 0 aliphatic heterocycles. The number of unbranched alkanes of at least 4 members (excludes halogenated alkanes) is 1. The predicted molar refractivity (Wildman–Crippen MR) is 534 cm³/mol. The molecule has 7 aromatic rings. The molecule has 30 nitrogen and oxygen atoms in total. The van der Waals surface area contributed by atoms with Gasteiger partial charge in [-0.15, -0.1) is 0 Å². The summed E-state index contributed by atoms with van der Waals surface area (Å²) in [6.07, 6.45) is 41.1. The summed E-state index contributed by atoms with van der Waals surface area (Å²) in [5, 5.41) is 155. The Labute approximate surface area is 826 Å². The minimum absolute atomic E-state index is 0.0529. The summed E-state index contributed by atoms with van der Waals surface area (Å²) in [6, 6.07) is 29.6. The van der Waals surface area contributed by atoms with Gasteiger partial charge < -0.3 is 121 Å². The molecule has 12 saturated carbocycles. The van der Waals surface area contributed by atoms with Crippen molar-refractivity contribution in [3.05, 3.63) is 166 Å². The van der Waals surface area contributed by atoms with E-state index in [9.17, 15) is 94.8 Å². The van der Waals surface area contributed by atoms with Crippen LogP contribution in [0.4, 0.5) is 0 Å². The van der Waals surface area contributed by atoms with Crippen molar-refractivity contribution in [2.45, 2.75) is 282 Å². The number of benzene rings is 7. The second-order valence-corrected chi connectivity index (χ2v) is 44.6. The number of carboxylic acid groups (broad SMARTS) is 1. The Kier molecular flexibility index (Phi) is 34.5. The number of Topliss-reactive ketones (excluding diaryl/α,β-unsaturated/α-hetero) is 2. The molecular weight excluding hydrogens is 1800 g/mol. The Morgan fingerprint density at radius 3 is 0.901 bits per heavy atom. The standard InChI is InChI=1S/C44H57N3O9.C41H50N2O9.C19H37N3.C7H6O4/c45-44-26-41(15-10-32(48)3-1-2-29-4-7-33(49)36(52)20-29)23-42(27-44,16-11-39(55)46-18-13-30-5-8-34(50)37(53)21-30)25-43(24-41,28-44)17-12-40(56)47-19-14-31-6-9-35(51)38(54)22-31;44-30(27-6-9-31(45)34(48)17-27)5-1-2-12-39-20-26-21-40(23-39,13-3-15-42-37(51)28-7-10-32(46)35(49)18-28)25-41(22-26,24-39)14-4-16-43-38(52)29-8-11-33(47)36(50)19-29;20-7-1-4-17-10-16-11-18(13-17,5-2-8-21)15-19(12-16,14-17)6-3-9-22;8-5-2-1-4(7(10)11)3-6(5)9/h4-9,20-22,49-54H,1-3,10-19,23-28,45H2,(H,46,55)(H,47,56);6-11,17-19,26,45-50H,1-5,12-16,20-25H2,(H,42,51)(H,43,52);16H,1-15,20-22H2;1-3,8-9H,(H,10,11). The molecule has 0 spiro atoms. The smallest absolute Gasteiger partial charge is 0.335 e. The molecule has 141 heavy (non-hydrogen) atoms. The number of rotatable bonds is 45. The first-order chi connectivity index (χ1) is 67.1. The van der Waals surface area contributed by atoms with Gasteiger partial charge in [0.2, 0.25) is 11.8 Å². The lowest BCUT2D eigenvalue weighted by molar-refractivity contribution is -0.179. The van der Waals surface area contributed by atoms with Crippen LogP contribution in [0.5, 0.6) is 80.5 Å². The van der Waals surface area contributed by atoms with E-state index in [1.54, 1.807) is 18.2 Å². The molecule has 12 aliphatic carbocycles. The van der Waals surface area contributed by atoms with Gasteiger partial charge in [-0.2, -0.15) is 0 Å². The highest BCUT2D eigenvalue weighted by Gasteiger charge is 2.68. The molecular formula is C111H150N8O22. The number of phenols is 14. The highest BCUT2D eigenvalue weighted by atomic mass is 16.4. The van der Waals surface area contributed by atoms with Crippen LogP contribution in [-0.4, -0.2) is 169 Å². The molecule has 30 heteroatoms. The summed E-state index contributed by atoms with van der Waals surface area (Å²) in [6.45, 7) is 4.36. The number of carboxylic acids is 1. The monoisotopic (exact) mass is 1950 g/mol. The van der Waals surface area contributed by atoms with Crippen LogP contribution in [0.2, 0.25) is 0 Å². The molecule has 12 fully saturated rings. The number of nitrogens with two attached hydrogens (primary N) is 4. The Morgan fingerprint density at radius 1 is 0.270 bits per heavy atom. The number of ketones is 2. The van der Waals surface area contributed by atoms with Gasteiger partial charge in [-0.05, 0) is 444 Å². The maximum absolute atomic E-state index is 13.3. The van der Waals surface area contributed by atoms with E-state index in [1.165, 1.54) is 193 Å². The molecule has 27 N–H and O–H groups in total. The molecule has 0 radical (unpaired) electrons. The number of nitrogens with one attached hydrogen (secondary N) is 4. The average Bonchev–Trinajstić information content (AvgIpc) is 0.676. The van der Waals surface area contributed by atoms with E-state index in [1.807, 2.05) is 0 Å². The van der Waals surface area contributed by atoms with Gasteiger partial charge in [0.25, 0.3) is 11.8 Å². The number of phenolic OH excluding ortho intramolecular Hbond substituents is 14. The maximum Gasteiger partial charge on any atom is 0.335 e. The molecule has 0 aromatic heterocycles. The zero-order valence-electron chi connectivity index (χ0n) is 81.5. The Balaban J connectivity index is 0.000000180. The Hall–Kier alpha value is -11.7. The molecule has 4 amide bonds. The quantitative estimate of drug-likeness (QED) is 0.00957. The summed E-state index contributed by atoms with van der Waals surface area (Å²) in [7, 11) is 0. The summed E-state index contributed by atoms with van der Waals surface area (Å²) in [4.78, 5) is 88.4. The third-order valence-electron chi connectivity index (χ3n) is 32.9. The molecule has 4 unspecified atom stereocenters. The van der Waals surface area contributed by atoms with Crippen LogP contribution < -0.4 is 44.2 Å². The SMILES string of the molecule is NC12CC3(CCC(=O)CCCc4ccc(O)c(O)c4)CC(CCC(=O)NCCc4ccc(O)c(O)c4)(C1)CC(CCC(=O)NCCc1ccc(O)c(O)c1)(C2)C3.NCCCC12CC3CC(CCCN)(C1)CC(CCCN)(C3)C2.O=C(CCCCC12CC3CC(CCCNC(=O)c4ccc(O)c(O)c4)(C1)CC(CCCNC(=O)c1ccc(O)c(O)c1)(C3)C2)c1ccc(O)c(O)c1.O=C(O)c1ccc(O)c(O)c1. The van der Waals surface area contributed by atoms with E-state index in [0.717, 1.165) is 157 Å². The van der Waals surface area contributed by atoms with Gasteiger partial charge in [0.15, 0.2) is 86.3 Å². The van der Waals surface area contributed by atoms with E-state index in [0.29, 0.717) is 131 Å². The largest absolute Gasteiger partial charge is 0.504 e. The average molecular weight is 1950 g/mol. The minimum Gasteiger partial charge on any atom is -0.504 e. The molecule has 4 atom stereocenters. The van der Waals surface area contributed by atoms with Crippen LogP contribution in [0.1, 0.15) is 315 Å². The van der Waals surface area contributed by atoms with Crippen LogP contribution in [0.25, 0.3) is 0 Å². The Bertz CT molecular complexity index is 5080. The topological polar surface area (TPSA) is 575 Å². The van der Waals surface area contributed by atoms with E-state index < -0.39 is 17.3 Å². The van der Waals surface area contributed by atoms with Crippen molar-refractivity contribution in [3.63, 3.8) is 0 Å². The fourth-order valence-electron chi connectivity index (χ4n) is 29.4. The minimum atomic E-state index is -1.14. The Morgan fingerprint density at radius 2 is 0.560 bits per heavy atom. The van der Waals surface area contributed by atoms with Crippen molar-refractivity contribution in [3.8, 4) is 80.5 Å². The first-order valence-electron chi connectivity index (χ1n) is 50.9. The second kappa shape index (κ2) is 45.7. The fraction of sp³-hybridized carbons (Fsp3) is 0.559. The van der Waals surface area contributed by atoms with Gasteiger partial charge >= 0.3 is 5.97 Å². The summed E-state index contributed by atoms with van der Waals surface area (Å²) in [5.41, 5.74) is 29.5. The fourth-order valence-corrected chi connectivity index (χ4v) is 29.4. The number of aromatic hydroxyl groups is 14. The summed E-state index contributed by atoms with van der Waals surface area (Å²) in [5.74, 6) is -3.76. The maximum atomic E-state index is 13.3. The second-order valence-electron chi connectivity index (χ2n) is 44.6. The summed E-state index contributed by atoms with van der Waals surface area (Å²) < 4.78 is 0. The van der Waals surface area contributed by atoms with Crippen molar-refractivity contribution in [2.75, 3.05) is 45.8 Å². The molecule has 766 valence electrons. The van der Waals surface area contributed by atoms with Crippen LogP contribution in [0.3, 0.4) is 0 Å². The highest BCUT2D eigenvalue weighted by Crippen LogP contribution is 2.76. The number of hydrogen-bond donors (Lipinski definition) is 23. The first-order valence-corrected chi connectivity index (χ1v) is 50.9. The molecule has 7 aromatic carbocycles. The van der Waals surface area contributed by atoms with Crippen LogP contribution >= 0.6 is 0 Å². The highest BCUT2D eigenvalue weighted by molar-refractivity contribution is 5.97. The van der Waals surface area contributed by atoms with Crippen molar-refractivity contribution in [2.24, 2.45) is 83.5 Å². The molecule has 12 bridgehead atoms. The lowest BCUT2D eigenvalue weighted by Gasteiger charge is -2.70. The van der Waals surface area contributed by atoms with Crippen molar-refractivity contribution in [1.82, 2.24) is 21.3 Å². The van der Waals surface area contributed by atoms with Gasteiger partial charge in [-0.1, -0.05) is 24.6 Å². The number of hydrogen-bond acceptors (Lipinski definition) is 25. The lowest BCUT2D eigenvalue weighted by Crippen LogP contribution is -2.67. The van der Waals surface area contributed by atoms with Gasteiger partial charge in [-0.25, -0.2) is 4.79 Å². The van der Waals surface area contributed by atoms with Crippen LogP contribution in [0.15, 0.2) is 127 Å². The number of aromatic carboxylic acids is 1. The van der Waals surface area contributed by atoms with Crippen LogP contribution in [0, 0.1) is 60.6 Å². The third kappa shape index (κ3) is 27.6. The molecule has 19 rings (SSSR count). The van der Waals surface area contributed by atoms with Gasteiger partial charge in [-0.3, -0.25) is 28.8 Å². The zero-order valence-corrected chi connectivity index (χ0v) is 81.5. The third-order valence-corrected chi connectivity index (χ3v) is 32.9. The normalized spacial score (nSPS) is 26.3. The number of aryl methyl sites for hydroxylation is 1. The van der Waals surface area contributed by atoms with Crippen molar-refractivity contribution < 1.29 is 110 Å². The van der Waals surface area contributed by atoms with E-state index >= 15 is 0 Å². The van der Waals surface area contributed by atoms with Crippen molar-refractivity contribution in [1.29, 1.82) is 0 Å².